The second kappa shape index (κ2) is 6.86. The van der Waals surface area contributed by atoms with E-state index in [1.54, 1.807) is 7.11 Å². The molecule has 2 rings (SSSR count). The lowest BCUT2D eigenvalue weighted by molar-refractivity contribution is 0.0656. The van der Waals surface area contributed by atoms with Crippen molar-refractivity contribution in [2.45, 2.75) is 26.4 Å². The summed E-state index contributed by atoms with van der Waals surface area (Å²) in [6.07, 6.45) is 1.16. The number of hydrogen-bond acceptors (Lipinski definition) is 4. The summed E-state index contributed by atoms with van der Waals surface area (Å²) in [4.78, 5) is 14.6. The predicted molar refractivity (Wildman–Crippen MR) is 78.5 cm³/mol. The second-order valence-electron chi connectivity index (χ2n) is 5.40. The van der Waals surface area contributed by atoms with Crippen LogP contribution >= 0.6 is 0 Å². The van der Waals surface area contributed by atoms with Gasteiger partial charge in [-0.3, -0.25) is 9.69 Å². The highest BCUT2D eigenvalue weighted by Crippen LogP contribution is 2.21. The van der Waals surface area contributed by atoms with E-state index in [4.69, 9.17) is 9.47 Å². The van der Waals surface area contributed by atoms with Gasteiger partial charge in [-0.05, 0) is 38.0 Å². The van der Waals surface area contributed by atoms with Gasteiger partial charge in [0.2, 0.25) is 0 Å². The number of hydrogen-bond donors (Lipinski definition) is 0. The van der Waals surface area contributed by atoms with Gasteiger partial charge in [0.15, 0.2) is 5.78 Å². The molecule has 1 aliphatic heterocycles. The second-order valence-corrected chi connectivity index (χ2v) is 5.40. The van der Waals surface area contributed by atoms with Crippen LogP contribution in [0.15, 0.2) is 18.2 Å². The standard InChI is InChI=1S/C16H23NO3/c1-12-5-6-14(16(9-12)19-3)15(18)11-17-7-4-8-20-13(2)10-17/h5-6,9,13H,4,7-8,10-11H2,1-3H3. The first-order chi connectivity index (χ1) is 9.60. The number of ketones is 1. The normalized spacial score (nSPS) is 20.4. The largest absolute Gasteiger partial charge is 0.496 e. The van der Waals surface area contributed by atoms with Gasteiger partial charge < -0.3 is 9.47 Å². The molecule has 0 aromatic heterocycles. The van der Waals surface area contributed by atoms with Crippen molar-refractivity contribution in [3.63, 3.8) is 0 Å². The van der Waals surface area contributed by atoms with Crippen molar-refractivity contribution in [3.8, 4) is 5.75 Å². The fourth-order valence-corrected chi connectivity index (χ4v) is 2.54. The van der Waals surface area contributed by atoms with Gasteiger partial charge >= 0.3 is 0 Å². The molecule has 0 saturated carbocycles. The smallest absolute Gasteiger partial charge is 0.180 e. The van der Waals surface area contributed by atoms with Crippen molar-refractivity contribution in [2.75, 3.05) is 33.4 Å². The first kappa shape index (κ1) is 15.0. The third-order valence-corrected chi connectivity index (χ3v) is 3.56. The number of aryl methyl sites for hydroxylation is 1. The summed E-state index contributed by atoms with van der Waals surface area (Å²) < 4.78 is 10.9. The van der Waals surface area contributed by atoms with Crippen LogP contribution in [-0.4, -0.2) is 50.1 Å². The summed E-state index contributed by atoms with van der Waals surface area (Å²) in [5.74, 6) is 0.769. The van der Waals surface area contributed by atoms with Crippen LogP contribution in [-0.2, 0) is 4.74 Å². The number of benzene rings is 1. The molecule has 0 aliphatic carbocycles. The topological polar surface area (TPSA) is 38.8 Å². The molecule has 0 N–H and O–H groups in total. The lowest BCUT2D eigenvalue weighted by Crippen LogP contribution is -2.34. The van der Waals surface area contributed by atoms with Gasteiger partial charge in [0.05, 0.1) is 25.3 Å². The van der Waals surface area contributed by atoms with Crippen molar-refractivity contribution in [1.82, 2.24) is 4.90 Å². The van der Waals surface area contributed by atoms with Gasteiger partial charge in [-0.1, -0.05) is 6.07 Å². The molecular formula is C16H23NO3. The SMILES string of the molecule is COc1cc(C)ccc1C(=O)CN1CCCOC(C)C1. The highest BCUT2D eigenvalue weighted by molar-refractivity contribution is 6.00. The molecule has 0 radical (unpaired) electrons. The Balaban J connectivity index is 2.07. The number of rotatable bonds is 4. The number of carbonyl (C=O) groups excluding carboxylic acids is 1. The van der Waals surface area contributed by atoms with Crippen LogP contribution in [0.3, 0.4) is 0 Å². The molecule has 1 aromatic rings. The maximum Gasteiger partial charge on any atom is 0.180 e. The van der Waals surface area contributed by atoms with Gasteiger partial charge in [-0.15, -0.1) is 0 Å². The minimum absolute atomic E-state index is 0.107. The van der Waals surface area contributed by atoms with E-state index >= 15 is 0 Å². The Labute approximate surface area is 120 Å². The van der Waals surface area contributed by atoms with Crippen molar-refractivity contribution in [1.29, 1.82) is 0 Å². The quantitative estimate of drug-likeness (QED) is 0.792. The summed E-state index contributed by atoms with van der Waals surface area (Å²) in [7, 11) is 1.60. The zero-order valence-electron chi connectivity index (χ0n) is 12.5. The monoisotopic (exact) mass is 277 g/mol. The third-order valence-electron chi connectivity index (χ3n) is 3.56. The van der Waals surface area contributed by atoms with Crippen LogP contribution < -0.4 is 4.74 Å². The number of ether oxygens (including phenoxy) is 2. The first-order valence-corrected chi connectivity index (χ1v) is 7.12. The Morgan fingerprint density at radius 1 is 1.50 bits per heavy atom. The van der Waals surface area contributed by atoms with Crippen molar-refractivity contribution < 1.29 is 14.3 Å². The summed E-state index contributed by atoms with van der Waals surface area (Å²) in [6, 6.07) is 5.71. The average Bonchev–Trinajstić information content (AvgIpc) is 2.62. The lowest BCUT2D eigenvalue weighted by Gasteiger charge is -2.21. The maximum absolute atomic E-state index is 12.5. The number of Topliss-reactive ketones (excluding diaryl/α,β-unsaturated/α-hetero) is 1. The molecule has 1 fully saturated rings. The fraction of sp³-hybridized carbons (Fsp3) is 0.562. The lowest BCUT2D eigenvalue weighted by atomic mass is 10.1. The Kier molecular flexibility index (Phi) is 5.15. The minimum atomic E-state index is 0.107. The molecule has 0 bridgehead atoms. The average molecular weight is 277 g/mol. The van der Waals surface area contributed by atoms with E-state index in [9.17, 15) is 4.79 Å². The molecule has 1 aliphatic rings. The highest BCUT2D eigenvalue weighted by Gasteiger charge is 2.20. The van der Waals surface area contributed by atoms with Gasteiger partial charge in [0.25, 0.3) is 0 Å². The first-order valence-electron chi connectivity index (χ1n) is 7.12. The molecule has 1 unspecified atom stereocenters. The predicted octanol–water partition coefficient (Wildman–Crippen LogP) is 2.30. The summed E-state index contributed by atoms with van der Waals surface area (Å²) >= 11 is 0. The minimum Gasteiger partial charge on any atom is -0.496 e. The summed E-state index contributed by atoms with van der Waals surface area (Å²) in [5.41, 5.74) is 1.76. The molecule has 0 amide bonds. The maximum atomic E-state index is 12.5. The molecule has 1 aromatic carbocycles. The van der Waals surface area contributed by atoms with E-state index in [2.05, 4.69) is 11.8 Å². The van der Waals surface area contributed by atoms with Gasteiger partial charge in [-0.25, -0.2) is 0 Å². The molecular weight excluding hydrogens is 254 g/mol. The number of carbonyl (C=O) groups is 1. The number of methoxy groups -OCH3 is 1. The molecule has 1 heterocycles. The molecule has 1 saturated heterocycles. The van der Waals surface area contributed by atoms with Gasteiger partial charge in [0.1, 0.15) is 5.75 Å². The van der Waals surface area contributed by atoms with E-state index in [0.29, 0.717) is 17.9 Å². The molecule has 4 nitrogen and oxygen atoms in total. The molecule has 4 heteroatoms. The van der Waals surface area contributed by atoms with E-state index in [-0.39, 0.29) is 11.9 Å². The van der Waals surface area contributed by atoms with Crippen LogP contribution in [0.2, 0.25) is 0 Å². The van der Waals surface area contributed by atoms with Crippen LogP contribution in [0, 0.1) is 6.92 Å². The Morgan fingerprint density at radius 3 is 3.05 bits per heavy atom. The van der Waals surface area contributed by atoms with E-state index < -0.39 is 0 Å². The van der Waals surface area contributed by atoms with Crippen LogP contribution in [0.1, 0.15) is 29.3 Å². The molecule has 20 heavy (non-hydrogen) atoms. The van der Waals surface area contributed by atoms with Crippen LogP contribution in [0.4, 0.5) is 0 Å². The van der Waals surface area contributed by atoms with E-state index in [1.807, 2.05) is 25.1 Å². The van der Waals surface area contributed by atoms with Crippen molar-refractivity contribution in [2.24, 2.45) is 0 Å². The van der Waals surface area contributed by atoms with Crippen molar-refractivity contribution >= 4 is 5.78 Å². The number of nitrogens with zero attached hydrogens (tertiary/aromatic N) is 1. The third kappa shape index (κ3) is 3.81. The molecule has 1 atom stereocenters. The van der Waals surface area contributed by atoms with Crippen LogP contribution in [0.25, 0.3) is 0 Å². The molecule has 0 spiro atoms. The van der Waals surface area contributed by atoms with Crippen molar-refractivity contribution in [3.05, 3.63) is 29.3 Å². The Morgan fingerprint density at radius 2 is 2.30 bits per heavy atom. The zero-order valence-corrected chi connectivity index (χ0v) is 12.5. The zero-order chi connectivity index (χ0) is 14.5. The van der Waals surface area contributed by atoms with E-state index in [1.165, 1.54) is 0 Å². The highest BCUT2D eigenvalue weighted by atomic mass is 16.5. The van der Waals surface area contributed by atoms with Gasteiger partial charge in [0, 0.05) is 19.7 Å². The summed E-state index contributed by atoms with van der Waals surface area (Å²) in [6.45, 7) is 6.96. The fourth-order valence-electron chi connectivity index (χ4n) is 2.54. The Hall–Kier alpha value is -1.39. The molecule has 110 valence electrons. The van der Waals surface area contributed by atoms with Crippen LogP contribution in [0.5, 0.6) is 5.75 Å². The summed E-state index contributed by atoms with van der Waals surface area (Å²) in [5, 5.41) is 0. The van der Waals surface area contributed by atoms with E-state index in [0.717, 1.165) is 31.7 Å². The van der Waals surface area contributed by atoms with Gasteiger partial charge in [-0.2, -0.15) is 0 Å². The Bertz CT molecular complexity index is 473.